The van der Waals surface area contributed by atoms with Gasteiger partial charge in [-0.3, -0.25) is 14.5 Å². The summed E-state index contributed by atoms with van der Waals surface area (Å²) in [5.41, 5.74) is 2.95. The Labute approximate surface area is 211 Å². The Morgan fingerprint density at radius 2 is 2.00 bits per heavy atom. The number of aliphatic hydroxyl groups is 1. The number of carbonyl (C=O) groups is 2. The number of ether oxygens (including phenoxy) is 1. The van der Waals surface area contributed by atoms with Crippen molar-refractivity contribution in [3.8, 4) is 5.75 Å². The second kappa shape index (κ2) is 9.04. The number of anilines is 1. The third kappa shape index (κ3) is 3.75. The van der Waals surface area contributed by atoms with Gasteiger partial charge in [-0.25, -0.2) is 4.98 Å². The molecule has 1 unspecified atom stereocenters. The van der Waals surface area contributed by atoms with E-state index in [0.29, 0.717) is 34.3 Å². The summed E-state index contributed by atoms with van der Waals surface area (Å²) in [5, 5.41) is 20.6. The number of amides is 1. The van der Waals surface area contributed by atoms with Crippen molar-refractivity contribution in [2.45, 2.75) is 26.8 Å². The first-order valence-electron chi connectivity index (χ1n) is 11.2. The van der Waals surface area contributed by atoms with Gasteiger partial charge in [-0.15, -0.1) is 10.2 Å². The van der Waals surface area contributed by atoms with E-state index in [1.54, 1.807) is 44.2 Å². The highest BCUT2D eigenvalue weighted by molar-refractivity contribution is 7.15. The van der Waals surface area contributed by atoms with Crippen LogP contribution in [0, 0.1) is 20.8 Å². The maximum absolute atomic E-state index is 13.4. The maximum Gasteiger partial charge on any atom is 0.301 e. The highest BCUT2D eigenvalue weighted by Gasteiger charge is 2.48. The number of hydrogen-bond acceptors (Lipinski definition) is 8. The van der Waals surface area contributed by atoms with Crippen LogP contribution in [0.3, 0.4) is 0 Å². The minimum Gasteiger partial charge on any atom is -0.505 e. The third-order valence-electron chi connectivity index (χ3n) is 6.02. The quantitative estimate of drug-likeness (QED) is 0.182. The van der Waals surface area contributed by atoms with Crippen molar-refractivity contribution in [1.82, 2.24) is 19.6 Å². The normalized spacial score (nSPS) is 17.2. The molecule has 10 heteroatoms. The number of hydrogen-bond donors (Lipinski definition) is 1. The predicted octanol–water partition coefficient (Wildman–Crippen LogP) is 4.30. The summed E-state index contributed by atoms with van der Waals surface area (Å²) in [4.78, 5) is 32.6. The molecule has 1 N–H and O–H groups in total. The second-order valence-corrected chi connectivity index (χ2v) is 9.54. The number of fused-ring (bicyclic) bond motifs is 1. The fraction of sp³-hybridized carbons (Fsp3) is 0.192. The van der Waals surface area contributed by atoms with Crippen LogP contribution in [0.1, 0.15) is 33.6 Å². The lowest BCUT2D eigenvalue weighted by Crippen LogP contribution is -2.29. The van der Waals surface area contributed by atoms with Crippen LogP contribution in [-0.4, -0.2) is 43.0 Å². The van der Waals surface area contributed by atoms with E-state index in [4.69, 9.17) is 4.74 Å². The van der Waals surface area contributed by atoms with E-state index < -0.39 is 17.7 Å². The monoisotopic (exact) mass is 501 g/mol. The van der Waals surface area contributed by atoms with Crippen molar-refractivity contribution in [3.05, 3.63) is 88.3 Å². The van der Waals surface area contributed by atoms with Gasteiger partial charge in [0.25, 0.3) is 5.78 Å². The van der Waals surface area contributed by atoms with Crippen LogP contribution >= 0.6 is 11.3 Å². The summed E-state index contributed by atoms with van der Waals surface area (Å²) in [6.07, 6.45) is 3.46. The number of Topliss-reactive ketones (excluding diaryl/α,β-unsaturated/α-hetero) is 1. The van der Waals surface area contributed by atoms with Crippen molar-refractivity contribution >= 4 is 39.6 Å². The van der Waals surface area contributed by atoms with Gasteiger partial charge in [0, 0.05) is 6.20 Å². The Morgan fingerprint density at radius 3 is 2.69 bits per heavy atom. The van der Waals surface area contributed by atoms with Crippen LogP contribution in [-0.2, 0) is 9.59 Å². The molecule has 1 saturated heterocycles. The first-order valence-corrected chi connectivity index (χ1v) is 12.0. The minimum atomic E-state index is -0.949. The van der Waals surface area contributed by atoms with Crippen LogP contribution < -0.4 is 9.64 Å². The number of aliphatic hydroxyl groups excluding tert-OH is 1. The second-order valence-electron chi connectivity index (χ2n) is 8.38. The first-order chi connectivity index (χ1) is 17.3. The molecule has 0 spiro atoms. The van der Waals surface area contributed by atoms with Crippen LogP contribution in [0.5, 0.6) is 5.75 Å². The van der Waals surface area contributed by atoms with Crippen molar-refractivity contribution in [3.63, 3.8) is 0 Å². The topological polar surface area (TPSA) is 110 Å². The lowest BCUT2D eigenvalue weighted by atomic mass is 9.96. The molecule has 0 aliphatic carbocycles. The number of aromatic nitrogens is 4. The van der Waals surface area contributed by atoms with E-state index in [1.807, 2.05) is 29.7 Å². The van der Waals surface area contributed by atoms with Crippen molar-refractivity contribution < 1.29 is 19.4 Å². The number of carbonyl (C=O) groups excluding carboxylic acids is 2. The van der Waals surface area contributed by atoms with Crippen molar-refractivity contribution in [1.29, 1.82) is 0 Å². The number of pyridine rings is 1. The SMILES string of the molecule is C=CCOc1cccc(C2C(=C(O)c3nc4c(C)cccn4c3C)C(=O)C(=O)N2c2nnc(C)s2)c1. The van der Waals surface area contributed by atoms with Crippen LogP contribution in [0.15, 0.2) is 60.8 Å². The van der Waals surface area contributed by atoms with E-state index in [0.717, 1.165) is 5.56 Å². The Kier molecular flexibility index (Phi) is 5.89. The van der Waals surface area contributed by atoms with Crippen LogP contribution in [0.4, 0.5) is 5.13 Å². The van der Waals surface area contributed by atoms with Gasteiger partial charge in [0.1, 0.15) is 28.7 Å². The molecule has 36 heavy (non-hydrogen) atoms. The molecule has 1 aliphatic heterocycles. The largest absolute Gasteiger partial charge is 0.505 e. The number of aryl methyl sites for hydroxylation is 3. The molecule has 1 fully saturated rings. The molecule has 1 aliphatic rings. The Morgan fingerprint density at radius 1 is 1.19 bits per heavy atom. The Balaban J connectivity index is 1.74. The number of ketones is 1. The average Bonchev–Trinajstić information content (AvgIpc) is 3.52. The van der Waals surface area contributed by atoms with Crippen LogP contribution in [0.25, 0.3) is 11.4 Å². The Bertz CT molecular complexity index is 1570. The third-order valence-corrected chi connectivity index (χ3v) is 6.85. The average molecular weight is 502 g/mol. The van der Waals surface area contributed by atoms with Gasteiger partial charge in [0.2, 0.25) is 5.13 Å². The van der Waals surface area contributed by atoms with E-state index in [1.165, 1.54) is 16.2 Å². The zero-order valence-corrected chi connectivity index (χ0v) is 20.7. The predicted molar refractivity (Wildman–Crippen MR) is 136 cm³/mol. The van der Waals surface area contributed by atoms with Gasteiger partial charge in [0.05, 0.1) is 17.3 Å². The molecule has 0 saturated carbocycles. The molecule has 182 valence electrons. The molecular weight excluding hydrogens is 478 g/mol. The molecule has 5 rings (SSSR count). The molecule has 1 amide bonds. The summed E-state index contributed by atoms with van der Waals surface area (Å²) < 4.78 is 7.52. The summed E-state index contributed by atoms with van der Waals surface area (Å²) in [7, 11) is 0. The molecule has 1 atom stereocenters. The zero-order valence-electron chi connectivity index (χ0n) is 19.9. The van der Waals surface area contributed by atoms with Gasteiger partial charge in [0.15, 0.2) is 5.76 Å². The van der Waals surface area contributed by atoms with Gasteiger partial charge < -0.3 is 14.2 Å². The fourth-order valence-electron chi connectivity index (χ4n) is 4.33. The summed E-state index contributed by atoms with van der Waals surface area (Å²) in [6, 6.07) is 9.88. The Hall–Kier alpha value is -4.31. The summed E-state index contributed by atoms with van der Waals surface area (Å²) in [5.74, 6) is -1.44. The van der Waals surface area contributed by atoms with Crippen molar-refractivity contribution in [2.24, 2.45) is 0 Å². The molecule has 0 bridgehead atoms. The van der Waals surface area contributed by atoms with E-state index in [-0.39, 0.29) is 22.2 Å². The number of rotatable bonds is 6. The highest BCUT2D eigenvalue weighted by Crippen LogP contribution is 2.43. The van der Waals surface area contributed by atoms with E-state index in [2.05, 4.69) is 21.8 Å². The summed E-state index contributed by atoms with van der Waals surface area (Å²) in [6.45, 7) is 9.44. The van der Waals surface area contributed by atoms with Gasteiger partial charge >= 0.3 is 5.91 Å². The molecule has 1 aromatic carbocycles. The van der Waals surface area contributed by atoms with Crippen molar-refractivity contribution in [2.75, 3.05) is 11.5 Å². The van der Waals surface area contributed by atoms with Gasteiger partial charge in [-0.05, 0) is 50.1 Å². The minimum absolute atomic E-state index is 0.0714. The maximum atomic E-state index is 13.4. The number of benzene rings is 1. The lowest BCUT2D eigenvalue weighted by Gasteiger charge is -2.22. The molecule has 4 heterocycles. The van der Waals surface area contributed by atoms with Crippen LogP contribution in [0.2, 0.25) is 0 Å². The summed E-state index contributed by atoms with van der Waals surface area (Å²) >= 11 is 1.19. The van der Waals surface area contributed by atoms with E-state index >= 15 is 0 Å². The molecule has 4 aromatic rings. The molecule has 0 radical (unpaired) electrons. The fourth-order valence-corrected chi connectivity index (χ4v) is 5.05. The first kappa shape index (κ1) is 23.4. The van der Waals surface area contributed by atoms with Gasteiger partial charge in [-0.2, -0.15) is 0 Å². The molecule has 9 nitrogen and oxygen atoms in total. The smallest absolute Gasteiger partial charge is 0.301 e. The number of imidazole rings is 1. The molecular formula is C26H23N5O4S. The van der Waals surface area contributed by atoms with E-state index in [9.17, 15) is 14.7 Å². The number of nitrogens with zero attached hydrogens (tertiary/aromatic N) is 5. The highest BCUT2D eigenvalue weighted by atomic mass is 32.1. The van der Waals surface area contributed by atoms with Gasteiger partial charge in [-0.1, -0.05) is 42.2 Å². The lowest BCUT2D eigenvalue weighted by molar-refractivity contribution is -0.132. The zero-order chi connectivity index (χ0) is 25.6. The molecule has 3 aromatic heterocycles. The standard InChI is InChI=1S/C26H23N5O4S/c1-5-12-35-18-10-6-9-17(13-18)21-19(23(33)25(34)31(21)26-29-28-16(4)36-26)22(32)20-15(3)30-11-7-8-14(2)24(30)27-20/h5-11,13,21,32H,1,12H2,2-4H3.